The molecule has 4 rings (SSSR count). The van der Waals surface area contributed by atoms with Gasteiger partial charge in [0.2, 0.25) is 0 Å². The van der Waals surface area contributed by atoms with Crippen molar-refractivity contribution in [1.82, 2.24) is 14.6 Å². The normalized spacial score (nSPS) is 14.2. The molecular weight excluding hydrogens is 293 g/mol. The molecule has 0 saturated carbocycles. The quantitative estimate of drug-likeness (QED) is 0.742. The van der Waals surface area contributed by atoms with Gasteiger partial charge < -0.3 is 4.74 Å². The van der Waals surface area contributed by atoms with Gasteiger partial charge in [-0.1, -0.05) is 0 Å². The van der Waals surface area contributed by atoms with Crippen LogP contribution in [0.15, 0.2) is 30.3 Å². The van der Waals surface area contributed by atoms with Gasteiger partial charge in [-0.15, -0.1) is 0 Å². The fourth-order valence-corrected chi connectivity index (χ4v) is 3.29. The van der Waals surface area contributed by atoms with E-state index in [0.717, 1.165) is 35.4 Å². The van der Waals surface area contributed by atoms with Gasteiger partial charge in [0.05, 0.1) is 18.0 Å². The predicted molar refractivity (Wildman–Crippen MR) is 85.7 cm³/mol. The van der Waals surface area contributed by atoms with Crippen molar-refractivity contribution in [3.63, 3.8) is 0 Å². The van der Waals surface area contributed by atoms with E-state index in [1.807, 2.05) is 10.6 Å². The average Bonchev–Trinajstić information content (AvgIpc) is 2.99. The average molecular weight is 311 g/mol. The van der Waals surface area contributed by atoms with Crippen molar-refractivity contribution in [2.75, 3.05) is 7.11 Å². The second-order valence-electron chi connectivity index (χ2n) is 5.93. The standard InChI is InChI=1S/C18H18FN3O/c1-23-11-17-14-4-2-3-5-15(14)20-18-10-16(21-22(17)18)12-6-8-13(19)9-7-12/h6-10H,2-5,11H2,1H3. The summed E-state index contributed by atoms with van der Waals surface area (Å²) >= 11 is 0. The van der Waals surface area contributed by atoms with Crippen molar-refractivity contribution in [3.8, 4) is 11.3 Å². The Kier molecular flexibility index (Phi) is 3.58. The number of aromatic nitrogens is 3. The minimum atomic E-state index is -0.244. The highest BCUT2D eigenvalue weighted by Crippen LogP contribution is 2.27. The molecule has 0 saturated heterocycles. The first kappa shape index (κ1) is 14.3. The summed E-state index contributed by atoms with van der Waals surface area (Å²) in [6.45, 7) is 0.520. The van der Waals surface area contributed by atoms with Gasteiger partial charge in [-0.25, -0.2) is 13.9 Å². The van der Waals surface area contributed by atoms with E-state index in [2.05, 4.69) is 0 Å². The molecule has 2 heterocycles. The number of rotatable bonds is 3. The fraction of sp³-hybridized carbons (Fsp3) is 0.333. The second-order valence-corrected chi connectivity index (χ2v) is 5.93. The maximum atomic E-state index is 13.1. The van der Waals surface area contributed by atoms with E-state index >= 15 is 0 Å². The summed E-state index contributed by atoms with van der Waals surface area (Å²) < 4.78 is 20.4. The first-order valence-corrected chi connectivity index (χ1v) is 7.91. The lowest BCUT2D eigenvalue weighted by molar-refractivity contribution is 0.178. The molecule has 23 heavy (non-hydrogen) atoms. The molecule has 0 amide bonds. The van der Waals surface area contributed by atoms with E-state index in [1.165, 1.54) is 36.2 Å². The molecule has 0 spiro atoms. The van der Waals surface area contributed by atoms with E-state index < -0.39 is 0 Å². The molecule has 0 N–H and O–H groups in total. The maximum absolute atomic E-state index is 13.1. The number of aryl methyl sites for hydroxylation is 1. The van der Waals surface area contributed by atoms with E-state index in [4.69, 9.17) is 14.8 Å². The molecule has 118 valence electrons. The topological polar surface area (TPSA) is 39.4 Å². The highest BCUT2D eigenvalue weighted by Gasteiger charge is 2.20. The molecule has 1 aromatic carbocycles. The number of hydrogen-bond acceptors (Lipinski definition) is 3. The minimum absolute atomic E-state index is 0.244. The minimum Gasteiger partial charge on any atom is -0.378 e. The van der Waals surface area contributed by atoms with Gasteiger partial charge in [0, 0.05) is 24.4 Å². The molecule has 5 heteroatoms. The Bertz CT molecular complexity index is 855. The SMILES string of the molecule is COCc1c2c(nc3cc(-c4ccc(F)cc4)nn13)CCCC2. The third-order valence-corrected chi connectivity index (χ3v) is 4.40. The summed E-state index contributed by atoms with van der Waals surface area (Å²) in [5, 5.41) is 4.69. The van der Waals surface area contributed by atoms with Gasteiger partial charge in [-0.3, -0.25) is 0 Å². The molecule has 3 aromatic rings. The summed E-state index contributed by atoms with van der Waals surface area (Å²) in [6.07, 6.45) is 4.41. The largest absolute Gasteiger partial charge is 0.378 e. The number of ether oxygens (including phenoxy) is 1. The van der Waals surface area contributed by atoms with Crippen molar-refractivity contribution < 1.29 is 9.13 Å². The number of benzene rings is 1. The van der Waals surface area contributed by atoms with Crippen LogP contribution in [0.1, 0.15) is 29.8 Å². The predicted octanol–water partition coefficient (Wildman–Crippen LogP) is 3.56. The highest BCUT2D eigenvalue weighted by molar-refractivity contribution is 5.64. The third kappa shape index (κ3) is 2.51. The van der Waals surface area contributed by atoms with Crippen LogP contribution in [0.2, 0.25) is 0 Å². The number of hydrogen-bond donors (Lipinski definition) is 0. The van der Waals surface area contributed by atoms with Crippen molar-refractivity contribution in [2.45, 2.75) is 32.3 Å². The number of fused-ring (bicyclic) bond motifs is 2. The molecule has 0 fully saturated rings. The lowest BCUT2D eigenvalue weighted by Crippen LogP contribution is -2.14. The van der Waals surface area contributed by atoms with Crippen LogP contribution in [0, 0.1) is 5.82 Å². The first-order valence-electron chi connectivity index (χ1n) is 7.91. The van der Waals surface area contributed by atoms with Gasteiger partial charge in [0.25, 0.3) is 0 Å². The van der Waals surface area contributed by atoms with Crippen LogP contribution in [0.5, 0.6) is 0 Å². The molecule has 0 radical (unpaired) electrons. The molecule has 2 aromatic heterocycles. The van der Waals surface area contributed by atoms with Gasteiger partial charge in [-0.2, -0.15) is 5.10 Å². The lowest BCUT2D eigenvalue weighted by atomic mass is 9.95. The monoisotopic (exact) mass is 311 g/mol. The first-order chi connectivity index (χ1) is 11.3. The number of halogens is 1. The molecule has 1 aliphatic rings. The van der Waals surface area contributed by atoms with Crippen LogP contribution in [0.4, 0.5) is 4.39 Å². The Balaban J connectivity index is 1.90. The summed E-state index contributed by atoms with van der Waals surface area (Å²) in [6, 6.07) is 8.35. The van der Waals surface area contributed by atoms with E-state index in [1.54, 1.807) is 19.2 Å². The maximum Gasteiger partial charge on any atom is 0.156 e. The summed E-state index contributed by atoms with van der Waals surface area (Å²) in [7, 11) is 1.70. The van der Waals surface area contributed by atoms with Crippen molar-refractivity contribution in [3.05, 3.63) is 53.1 Å². The van der Waals surface area contributed by atoms with Crippen LogP contribution in [0.3, 0.4) is 0 Å². The molecule has 4 nitrogen and oxygen atoms in total. The van der Waals surface area contributed by atoms with Crippen LogP contribution < -0.4 is 0 Å². The van der Waals surface area contributed by atoms with Crippen LogP contribution in [0.25, 0.3) is 16.9 Å². The van der Waals surface area contributed by atoms with Crippen LogP contribution in [-0.4, -0.2) is 21.7 Å². The zero-order chi connectivity index (χ0) is 15.8. The lowest BCUT2D eigenvalue weighted by Gasteiger charge is -2.19. The summed E-state index contributed by atoms with van der Waals surface area (Å²) in [5.74, 6) is -0.244. The summed E-state index contributed by atoms with van der Waals surface area (Å²) in [5.41, 5.74) is 6.05. The molecule has 0 atom stereocenters. The molecule has 1 aliphatic carbocycles. The van der Waals surface area contributed by atoms with Gasteiger partial charge in [0.15, 0.2) is 5.65 Å². The van der Waals surface area contributed by atoms with E-state index in [9.17, 15) is 4.39 Å². The number of methoxy groups -OCH3 is 1. The fourth-order valence-electron chi connectivity index (χ4n) is 3.29. The van der Waals surface area contributed by atoms with Gasteiger partial charge >= 0.3 is 0 Å². The van der Waals surface area contributed by atoms with Crippen molar-refractivity contribution in [2.24, 2.45) is 0 Å². The smallest absolute Gasteiger partial charge is 0.156 e. The molecule has 0 unspecified atom stereocenters. The van der Waals surface area contributed by atoms with Gasteiger partial charge in [0.1, 0.15) is 5.82 Å². The van der Waals surface area contributed by atoms with Crippen molar-refractivity contribution >= 4 is 5.65 Å². The Morgan fingerprint density at radius 2 is 1.96 bits per heavy atom. The Labute approximate surface area is 133 Å². The highest BCUT2D eigenvalue weighted by atomic mass is 19.1. The van der Waals surface area contributed by atoms with Crippen LogP contribution in [-0.2, 0) is 24.2 Å². The zero-order valence-corrected chi connectivity index (χ0v) is 13.1. The third-order valence-electron chi connectivity index (χ3n) is 4.40. The second kappa shape index (κ2) is 5.74. The van der Waals surface area contributed by atoms with E-state index in [0.29, 0.717) is 6.61 Å². The number of nitrogens with zero attached hydrogens (tertiary/aromatic N) is 3. The van der Waals surface area contributed by atoms with E-state index in [-0.39, 0.29) is 5.82 Å². The van der Waals surface area contributed by atoms with Crippen molar-refractivity contribution in [1.29, 1.82) is 0 Å². The summed E-state index contributed by atoms with van der Waals surface area (Å²) in [4.78, 5) is 4.79. The Hall–Kier alpha value is -2.27. The molecular formula is C18H18FN3O. The van der Waals surface area contributed by atoms with Crippen LogP contribution >= 0.6 is 0 Å². The Morgan fingerprint density at radius 1 is 1.17 bits per heavy atom. The molecule has 0 aliphatic heterocycles. The Morgan fingerprint density at radius 3 is 2.74 bits per heavy atom. The van der Waals surface area contributed by atoms with Gasteiger partial charge in [-0.05, 0) is 55.5 Å². The molecule has 0 bridgehead atoms. The zero-order valence-electron chi connectivity index (χ0n) is 13.1.